The second kappa shape index (κ2) is 21.4. The van der Waals surface area contributed by atoms with Gasteiger partial charge in [0, 0.05) is 35.5 Å². The maximum Gasteiger partial charge on any atom is 0.328 e. The van der Waals surface area contributed by atoms with Crippen LogP contribution in [0.1, 0.15) is 87.7 Å². The van der Waals surface area contributed by atoms with Gasteiger partial charge in [-0.15, -0.1) is 0 Å². The van der Waals surface area contributed by atoms with E-state index in [9.17, 15) is 34.2 Å². The molecule has 0 spiro atoms. The highest BCUT2D eigenvalue weighted by atomic mass is 16.5. The number of aliphatic carboxylic acids is 2. The number of nitrogens with zero attached hydrogens (tertiary/aromatic N) is 2. The van der Waals surface area contributed by atoms with Gasteiger partial charge in [-0.25, -0.2) is 19.6 Å². The third-order valence-electron chi connectivity index (χ3n) is 9.46. The number of carbonyl (C=O) groups is 5. The van der Waals surface area contributed by atoms with Crippen LogP contribution in [0.2, 0.25) is 0 Å². The third-order valence-corrected chi connectivity index (χ3v) is 9.46. The summed E-state index contributed by atoms with van der Waals surface area (Å²) >= 11 is 0. The molecule has 4 aromatic rings. The molecule has 58 heavy (non-hydrogen) atoms. The Balaban J connectivity index is 1.46. The van der Waals surface area contributed by atoms with Crippen LogP contribution in [-0.2, 0) is 31.0 Å². The van der Waals surface area contributed by atoms with E-state index in [1.807, 2.05) is 62.5 Å². The standard InChI is InChI=1S/C44H53N5O9/c1-5-6-7-8-9-22-58-34-20-16-29(17-21-34)32-25-45-39(46-26-32)30-12-10-28(11-13-30)23-35(48-40(52)31-14-18-33(19-15-31)44(2,3)4)41(53)49-36(42(54)55)24-38(51)47-37(27-50)43(56)57/h10-21,25-26,35-37,50H,5-9,22-24,27H2,1-4H3,(H,47,51)(H,48,52)(H,49,53)(H,54,55)(H,56,57). The Morgan fingerprint density at radius 3 is 1.86 bits per heavy atom. The fraction of sp³-hybridized carbons (Fsp3) is 0.386. The van der Waals surface area contributed by atoms with Crippen LogP contribution in [0, 0.1) is 0 Å². The molecule has 0 radical (unpaired) electrons. The van der Waals surface area contributed by atoms with E-state index >= 15 is 0 Å². The molecule has 14 heteroatoms. The second-order valence-electron chi connectivity index (χ2n) is 15.1. The number of aliphatic hydroxyl groups excluding tert-OH is 1. The summed E-state index contributed by atoms with van der Waals surface area (Å²) in [5, 5.41) is 35.2. The van der Waals surface area contributed by atoms with Crippen molar-refractivity contribution in [2.75, 3.05) is 13.2 Å². The number of carbonyl (C=O) groups excluding carboxylic acids is 3. The van der Waals surface area contributed by atoms with Gasteiger partial charge in [-0.1, -0.05) is 102 Å². The monoisotopic (exact) mass is 795 g/mol. The number of unbranched alkanes of at least 4 members (excludes halogenated alkanes) is 4. The van der Waals surface area contributed by atoms with E-state index < -0.39 is 60.8 Å². The van der Waals surface area contributed by atoms with Crippen molar-refractivity contribution in [2.45, 2.75) is 96.2 Å². The Bertz CT molecular complexity index is 1980. The number of amides is 3. The second-order valence-corrected chi connectivity index (χ2v) is 15.1. The number of ether oxygens (including phenoxy) is 1. The molecule has 308 valence electrons. The molecule has 3 atom stereocenters. The first kappa shape index (κ1) is 44.6. The van der Waals surface area contributed by atoms with Crippen molar-refractivity contribution in [2.24, 2.45) is 0 Å². The normalized spacial score (nSPS) is 12.8. The first-order chi connectivity index (χ1) is 27.7. The number of rotatable bonds is 21. The summed E-state index contributed by atoms with van der Waals surface area (Å²) in [7, 11) is 0. The fourth-order valence-corrected chi connectivity index (χ4v) is 5.96. The SMILES string of the molecule is CCCCCCCOc1ccc(-c2cnc(-c3ccc(CC(NC(=O)c4ccc(C(C)(C)C)cc4)C(=O)NC(CC(=O)NC(CO)C(=O)O)C(=O)O)cc3)nc2)cc1. The molecular formula is C44H53N5O9. The van der Waals surface area contributed by atoms with Gasteiger partial charge in [0.25, 0.3) is 5.91 Å². The molecule has 0 aliphatic carbocycles. The molecule has 0 saturated carbocycles. The summed E-state index contributed by atoms with van der Waals surface area (Å²) in [5.74, 6) is -4.30. The molecule has 1 heterocycles. The van der Waals surface area contributed by atoms with E-state index in [0.29, 0.717) is 23.6 Å². The molecule has 4 rings (SSSR count). The zero-order valence-electron chi connectivity index (χ0n) is 33.4. The predicted molar refractivity (Wildman–Crippen MR) is 218 cm³/mol. The summed E-state index contributed by atoms with van der Waals surface area (Å²) in [6.45, 7) is 8.06. The van der Waals surface area contributed by atoms with Crippen LogP contribution in [0.15, 0.2) is 85.2 Å². The van der Waals surface area contributed by atoms with E-state index in [0.717, 1.165) is 35.3 Å². The highest BCUT2D eigenvalue weighted by molar-refractivity contribution is 5.98. The van der Waals surface area contributed by atoms with Gasteiger partial charge in [0.15, 0.2) is 5.82 Å². The van der Waals surface area contributed by atoms with E-state index in [1.54, 1.807) is 48.8 Å². The topological polar surface area (TPSA) is 217 Å². The Hall–Kier alpha value is -6.15. The molecular weight excluding hydrogens is 743 g/mol. The molecule has 0 bridgehead atoms. The van der Waals surface area contributed by atoms with Gasteiger partial charge in [-0.2, -0.15) is 0 Å². The molecule has 3 unspecified atom stereocenters. The molecule has 0 saturated heterocycles. The Morgan fingerprint density at radius 1 is 0.690 bits per heavy atom. The van der Waals surface area contributed by atoms with Crippen molar-refractivity contribution < 1.29 is 44.0 Å². The lowest BCUT2D eigenvalue weighted by atomic mass is 9.86. The number of nitrogens with one attached hydrogen (secondary N) is 3. The number of carboxylic acids is 2. The minimum Gasteiger partial charge on any atom is -0.494 e. The third kappa shape index (κ3) is 13.5. The quantitative estimate of drug-likeness (QED) is 0.0594. The van der Waals surface area contributed by atoms with Crippen LogP contribution in [0.4, 0.5) is 0 Å². The van der Waals surface area contributed by atoms with E-state index in [4.69, 9.17) is 9.84 Å². The van der Waals surface area contributed by atoms with Gasteiger partial charge in [0.05, 0.1) is 19.6 Å². The molecule has 1 aromatic heterocycles. The summed E-state index contributed by atoms with van der Waals surface area (Å²) in [4.78, 5) is 72.0. The van der Waals surface area contributed by atoms with E-state index in [1.165, 1.54) is 19.3 Å². The maximum atomic E-state index is 13.6. The minimum absolute atomic E-state index is 0.0551. The van der Waals surface area contributed by atoms with E-state index in [2.05, 4.69) is 27.5 Å². The maximum absolute atomic E-state index is 13.6. The van der Waals surface area contributed by atoms with Crippen molar-refractivity contribution in [1.82, 2.24) is 25.9 Å². The molecule has 3 aromatic carbocycles. The van der Waals surface area contributed by atoms with Crippen molar-refractivity contribution in [3.8, 4) is 28.3 Å². The lowest BCUT2D eigenvalue weighted by molar-refractivity contribution is -0.145. The van der Waals surface area contributed by atoms with Crippen LogP contribution >= 0.6 is 0 Å². The molecule has 6 N–H and O–H groups in total. The van der Waals surface area contributed by atoms with Crippen molar-refractivity contribution in [3.63, 3.8) is 0 Å². The zero-order chi connectivity index (χ0) is 42.2. The number of carboxylic acid groups (broad SMARTS) is 2. The van der Waals surface area contributed by atoms with Crippen LogP contribution < -0.4 is 20.7 Å². The van der Waals surface area contributed by atoms with Gasteiger partial charge in [-0.3, -0.25) is 14.4 Å². The van der Waals surface area contributed by atoms with Gasteiger partial charge in [-0.05, 0) is 52.8 Å². The van der Waals surface area contributed by atoms with Crippen LogP contribution in [0.3, 0.4) is 0 Å². The van der Waals surface area contributed by atoms with Crippen LogP contribution in [0.5, 0.6) is 5.75 Å². The summed E-state index contributed by atoms with van der Waals surface area (Å²) in [6, 6.07) is 17.0. The summed E-state index contributed by atoms with van der Waals surface area (Å²) < 4.78 is 5.88. The number of aromatic nitrogens is 2. The van der Waals surface area contributed by atoms with Gasteiger partial charge >= 0.3 is 11.9 Å². The smallest absolute Gasteiger partial charge is 0.328 e. The highest BCUT2D eigenvalue weighted by Gasteiger charge is 2.30. The zero-order valence-corrected chi connectivity index (χ0v) is 33.4. The molecule has 3 amide bonds. The number of hydrogen-bond acceptors (Lipinski definition) is 9. The minimum atomic E-state index is -1.77. The van der Waals surface area contributed by atoms with Crippen molar-refractivity contribution in [1.29, 1.82) is 0 Å². The van der Waals surface area contributed by atoms with Crippen molar-refractivity contribution in [3.05, 3.63) is 102 Å². The Labute approximate surface area is 338 Å². The largest absolute Gasteiger partial charge is 0.494 e. The van der Waals surface area contributed by atoms with Crippen LogP contribution in [0.25, 0.3) is 22.5 Å². The Morgan fingerprint density at radius 2 is 1.29 bits per heavy atom. The highest BCUT2D eigenvalue weighted by Crippen LogP contribution is 2.25. The first-order valence-corrected chi connectivity index (χ1v) is 19.4. The number of aliphatic hydroxyl groups is 1. The fourth-order valence-electron chi connectivity index (χ4n) is 5.96. The average molecular weight is 796 g/mol. The van der Waals surface area contributed by atoms with E-state index in [-0.39, 0.29) is 17.4 Å². The average Bonchev–Trinajstić information content (AvgIpc) is 3.20. The van der Waals surface area contributed by atoms with Gasteiger partial charge in [0.1, 0.15) is 23.9 Å². The lowest BCUT2D eigenvalue weighted by Crippen LogP contribution is -2.54. The predicted octanol–water partition coefficient (Wildman–Crippen LogP) is 5.32. The molecule has 14 nitrogen and oxygen atoms in total. The Kier molecular flexibility index (Phi) is 16.4. The molecule has 0 aliphatic heterocycles. The summed E-state index contributed by atoms with van der Waals surface area (Å²) in [5.41, 5.74) is 4.19. The molecule has 0 fully saturated rings. The first-order valence-electron chi connectivity index (χ1n) is 19.4. The number of benzene rings is 3. The summed E-state index contributed by atoms with van der Waals surface area (Å²) in [6.07, 6.45) is 8.44. The van der Waals surface area contributed by atoms with Crippen molar-refractivity contribution >= 4 is 29.7 Å². The number of hydrogen-bond donors (Lipinski definition) is 6. The lowest BCUT2D eigenvalue weighted by Gasteiger charge is -2.22. The van der Waals surface area contributed by atoms with Gasteiger partial charge < -0.3 is 36.0 Å². The molecule has 0 aliphatic rings. The van der Waals surface area contributed by atoms with Gasteiger partial charge in [0.2, 0.25) is 11.8 Å². The van der Waals surface area contributed by atoms with Crippen LogP contribution in [-0.4, -0.2) is 86.3 Å².